The summed E-state index contributed by atoms with van der Waals surface area (Å²) in [6.07, 6.45) is 3.57. The average Bonchev–Trinajstić information content (AvgIpc) is 2.99. The lowest BCUT2D eigenvalue weighted by Crippen LogP contribution is -2.06. The van der Waals surface area contributed by atoms with E-state index in [4.69, 9.17) is 5.73 Å². The fourth-order valence-corrected chi connectivity index (χ4v) is 2.60. The first-order valence-corrected chi connectivity index (χ1v) is 7.80. The maximum Gasteiger partial charge on any atom is 0.104 e. The first-order chi connectivity index (χ1) is 11.2. The van der Waals surface area contributed by atoms with Crippen molar-refractivity contribution in [1.82, 2.24) is 20.0 Å². The summed E-state index contributed by atoms with van der Waals surface area (Å²) in [5, 5.41) is 8.49. The Balaban J connectivity index is 1.93. The molecule has 0 aliphatic heterocycles. The van der Waals surface area contributed by atoms with E-state index in [2.05, 4.69) is 53.4 Å². The second kappa shape index (κ2) is 6.71. The van der Waals surface area contributed by atoms with Crippen LogP contribution in [0.3, 0.4) is 0 Å². The molecule has 0 fully saturated rings. The Labute approximate surface area is 136 Å². The van der Waals surface area contributed by atoms with Crippen LogP contribution in [-0.2, 0) is 13.1 Å². The van der Waals surface area contributed by atoms with Gasteiger partial charge in [0, 0.05) is 24.5 Å². The number of rotatable bonds is 5. The summed E-state index contributed by atoms with van der Waals surface area (Å²) in [6, 6.07) is 12.5. The fraction of sp³-hybridized carbons (Fsp3) is 0.278. The van der Waals surface area contributed by atoms with Gasteiger partial charge in [-0.15, -0.1) is 5.10 Å². The molecule has 23 heavy (non-hydrogen) atoms. The van der Waals surface area contributed by atoms with E-state index in [0.29, 0.717) is 19.0 Å². The van der Waals surface area contributed by atoms with Crippen molar-refractivity contribution in [3.05, 3.63) is 65.6 Å². The molecule has 0 saturated heterocycles. The molecule has 0 saturated carbocycles. The van der Waals surface area contributed by atoms with E-state index < -0.39 is 0 Å². The Hall–Kier alpha value is -2.53. The molecule has 0 aliphatic rings. The van der Waals surface area contributed by atoms with E-state index in [1.54, 1.807) is 6.20 Å². The molecule has 0 atom stereocenters. The normalized spacial score (nSPS) is 11.1. The van der Waals surface area contributed by atoms with Crippen LogP contribution in [0.25, 0.3) is 11.3 Å². The van der Waals surface area contributed by atoms with Gasteiger partial charge in [-0.1, -0.05) is 43.3 Å². The largest absolute Gasteiger partial charge is 0.325 e. The lowest BCUT2D eigenvalue weighted by Gasteiger charge is -2.09. The Morgan fingerprint density at radius 3 is 2.52 bits per heavy atom. The van der Waals surface area contributed by atoms with Crippen molar-refractivity contribution in [2.75, 3.05) is 0 Å². The number of hydrogen-bond donors (Lipinski definition) is 1. The van der Waals surface area contributed by atoms with Gasteiger partial charge in [0.2, 0.25) is 0 Å². The third kappa shape index (κ3) is 3.29. The maximum atomic E-state index is 5.81. The molecule has 0 aliphatic carbocycles. The SMILES string of the molecule is CC(C)c1ccc(Cn2nnc(CN)c2-c2cccnc2)cc1. The molecule has 0 unspecified atom stereocenters. The number of nitrogens with two attached hydrogens (primary N) is 1. The summed E-state index contributed by atoms with van der Waals surface area (Å²) >= 11 is 0. The summed E-state index contributed by atoms with van der Waals surface area (Å²) in [5.41, 5.74) is 11.0. The minimum absolute atomic E-state index is 0.358. The number of pyridine rings is 1. The molecular weight excluding hydrogens is 286 g/mol. The van der Waals surface area contributed by atoms with Gasteiger partial charge < -0.3 is 5.73 Å². The van der Waals surface area contributed by atoms with Crippen LogP contribution in [0.4, 0.5) is 0 Å². The highest BCUT2D eigenvalue weighted by Gasteiger charge is 2.14. The third-order valence-corrected chi connectivity index (χ3v) is 3.91. The van der Waals surface area contributed by atoms with E-state index >= 15 is 0 Å². The number of nitrogens with zero attached hydrogens (tertiary/aromatic N) is 4. The number of aromatic nitrogens is 4. The Bertz CT molecular complexity index is 760. The zero-order valence-electron chi connectivity index (χ0n) is 13.5. The molecule has 118 valence electrons. The van der Waals surface area contributed by atoms with Gasteiger partial charge in [-0.05, 0) is 29.2 Å². The van der Waals surface area contributed by atoms with Crippen molar-refractivity contribution in [3.63, 3.8) is 0 Å². The van der Waals surface area contributed by atoms with Crippen molar-refractivity contribution >= 4 is 0 Å². The predicted octanol–water partition coefficient (Wildman–Crippen LogP) is 2.97. The van der Waals surface area contributed by atoms with E-state index in [9.17, 15) is 0 Å². The average molecular weight is 307 g/mol. The van der Waals surface area contributed by atoms with Crippen LogP contribution in [0.5, 0.6) is 0 Å². The molecule has 5 heteroatoms. The number of benzene rings is 1. The first-order valence-electron chi connectivity index (χ1n) is 7.80. The Kier molecular flexibility index (Phi) is 4.48. The molecule has 2 N–H and O–H groups in total. The molecule has 2 aromatic heterocycles. The molecular formula is C18H21N5. The van der Waals surface area contributed by atoms with Crippen molar-refractivity contribution in [2.24, 2.45) is 5.73 Å². The van der Waals surface area contributed by atoms with E-state index in [1.807, 2.05) is 23.0 Å². The molecule has 0 bridgehead atoms. The van der Waals surface area contributed by atoms with Crippen molar-refractivity contribution < 1.29 is 0 Å². The molecule has 3 rings (SSSR count). The van der Waals surface area contributed by atoms with Gasteiger partial charge in [0.25, 0.3) is 0 Å². The summed E-state index contributed by atoms with van der Waals surface area (Å²) in [4.78, 5) is 4.19. The molecule has 2 heterocycles. The zero-order valence-corrected chi connectivity index (χ0v) is 13.5. The standard InChI is InChI=1S/C18H21N5/c1-13(2)15-7-5-14(6-8-15)12-23-18(17(10-19)21-22-23)16-4-3-9-20-11-16/h3-9,11,13H,10,12,19H2,1-2H3. The predicted molar refractivity (Wildman–Crippen MR) is 90.8 cm³/mol. The van der Waals surface area contributed by atoms with E-state index in [1.165, 1.54) is 11.1 Å². The van der Waals surface area contributed by atoms with Crippen LogP contribution < -0.4 is 5.73 Å². The van der Waals surface area contributed by atoms with Crippen LogP contribution in [-0.4, -0.2) is 20.0 Å². The maximum absolute atomic E-state index is 5.81. The van der Waals surface area contributed by atoms with E-state index in [-0.39, 0.29) is 0 Å². The Morgan fingerprint density at radius 1 is 1.13 bits per heavy atom. The molecule has 3 aromatic rings. The highest BCUT2D eigenvalue weighted by molar-refractivity contribution is 5.60. The van der Waals surface area contributed by atoms with Crippen molar-refractivity contribution in [2.45, 2.75) is 32.9 Å². The molecule has 0 spiro atoms. The summed E-state index contributed by atoms with van der Waals surface area (Å²) in [5.74, 6) is 0.533. The highest BCUT2D eigenvalue weighted by Crippen LogP contribution is 2.22. The van der Waals surface area contributed by atoms with Gasteiger partial charge in [-0.3, -0.25) is 4.98 Å². The molecule has 0 amide bonds. The topological polar surface area (TPSA) is 69.6 Å². The van der Waals surface area contributed by atoms with Gasteiger partial charge in [0.05, 0.1) is 12.2 Å². The second-order valence-electron chi connectivity index (χ2n) is 5.88. The second-order valence-corrected chi connectivity index (χ2v) is 5.88. The van der Waals surface area contributed by atoms with Gasteiger partial charge in [-0.25, -0.2) is 4.68 Å². The van der Waals surface area contributed by atoms with Gasteiger partial charge in [0.15, 0.2) is 0 Å². The quantitative estimate of drug-likeness (QED) is 0.786. The van der Waals surface area contributed by atoms with Crippen LogP contribution in [0.15, 0.2) is 48.8 Å². The smallest absolute Gasteiger partial charge is 0.104 e. The number of hydrogen-bond acceptors (Lipinski definition) is 4. The van der Waals surface area contributed by atoms with Crippen LogP contribution in [0.2, 0.25) is 0 Å². The highest BCUT2D eigenvalue weighted by atomic mass is 15.4. The zero-order chi connectivity index (χ0) is 16.2. The minimum Gasteiger partial charge on any atom is -0.325 e. The molecule has 1 aromatic carbocycles. The van der Waals surface area contributed by atoms with Gasteiger partial charge >= 0.3 is 0 Å². The van der Waals surface area contributed by atoms with Crippen LogP contribution in [0, 0.1) is 0 Å². The summed E-state index contributed by atoms with van der Waals surface area (Å²) < 4.78 is 1.89. The minimum atomic E-state index is 0.358. The van der Waals surface area contributed by atoms with Gasteiger partial charge in [-0.2, -0.15) is 0 Å². The summed E-state index contributed by atoms with van der Waals surface area (Å²) in [6.45, 7) is 5.41. The Morgan fingerprint density at radius 2 is 1.91 bits per heavy atom. The fourth-order valence-electron chi connectivity index (χ4n) is 2.60. The lowest BCUT2D eigenvalue weighted by atomic mass is 10.0. The molecule has 0 radical (unpaired) electrons. The lowest BCUT2D eigenvalue weighted by molar-refractivity contribution is 0.654. The van der Waals surface area contributed by atoms with Crippen molar-refractivity contribution in [1.29, 1.82) is 0 Å². The van der Waals surface area contributed by atoms with E-state index in [0.717, 1.165) is 17.0 Å². The van der Waals surface area contributed by atoms with Gasteiger partial charge in [0.1, 0.15) is 5.69 Å². The van der Waals surface area contributed by atoms with Crippen molar-refractivity contribution in [3.8, 4) is 11.3 Å². The molecule has 5 nitrogen and oxygen atoms in total. The van der Waals surface area contributed by atoms with Crippen LogP contribution >= 0.6 is 0 Å². The third-order valence-electron chi connectivity index (χ3n) is 3.91. The summed E-state index contributed by atoms with van der Waals surface area (Å²) in [7, 11) is 0. The van der Waals surface area contributed by atoms with Crippen LogP contribution in [0.1, 0.15) is 36.6 Å². The first kappa shape index (κ1) is 15.4. The monoisotopic (exact) mass is 307 g/mol.